The summed E-state index contributed by atoms with van der Waals surface area (Å²) in [5, 5.41) is 18.4. The highest BCUT2D eigenvalue weighted by Crippen LogP contribution is 2.17. The summed E-state index contributed by atoms with van der Waals surface area (Å²) in [6.07, 6.45) is 4.01. The van der Waals surface area contributed by atoms with Crippen molar-refractivity contribution in [3.63, 3.8) is 0 Å². The molecule has 11 nitrogen and oxygen atoms in total. The molecule has 5 N–H and O–H groups in total. The van der Waals surface area contributed by atoms with E-state index in [9.17, 15) is 24.0 Å². The first-order valence-corrected chi connectivity index (χ1v) is 11.7. The number of hydrogen-bond donors (Lipinski definition) is 5. The van der Waals surface area contributed by atoms with Gasteiger partial charge in [0.1, 0.15) is 18.6 Å². The molecular weight excluding hydrogens is 426 g/mol. The largest absolute Gasteiger partial charge is 0.480 e. The van der Waals surface area contributed by atoms with Gasteiger partial charge in [-0.25, -0.2) is 0 Å². The predicted octanol–water partition coefficient (Wildman–Crippen LogP) is -1.47. The first kappa shape index (κ1) is 26.7. The van der Waals surface area contributed by atoms with Crippen LogP contribution in [0.3, 0.4) is 0 Å². The summed E-state index contributed by atoms with van der Waals surface area (Å²) < 4.78 is 0. The Balaban J connectivity index is 2.58. The Kier molecular flexibility index (Phi) is 11.9. The molecule has 1 heterocycles. The van der Waals surface area contributed by atoms with Crippen molar-refractivity contribution in [1.82, 2.24) is 26.2 Å². The molecule has 0 aliphatic carbocycles. The Morgan fingerprint density at radius 3 is 2.42 bits per heavy atom. The zero-order valence-electron chi connectivity index (χ0n) is 18.2. The van der Waals surface area contributed by atoms with E-state index in [4.69, 9.17) is 5.11 Å². The van der Waals surface area contributed by atoms with Crippen LogP contribution in [-0.2, 0) is 24.0 Å². The third kappa shape index (κ3) is 9.55. The first-order chi connectivity index (χ1) is 14.7. The van der Waals surface area contributed by atoms with E-state index in [1.807, 2.05) is 13.2 Å². The van der Waals surface area contributed by atoms with Crippen LogP contribution in [0.15, 0.2) is 0 Å². The van der Waals surface area contributed by atoms with Crippen LogP contribution in [0.2, 0.25) is 0 Å². The number of rotatable bonds is 13. The number of nitrogens with zero attached hydrogens (tertiary/aromatic N) is 1. The molecule has 1 rings (SSSR count). The van der Waals surface area contributed by atoms with Gasteiger partial charge in [-0.05, 0) is 51.3 Å². The number of carbonyl (C=O) groups is 5. The summed E-state index contributed by atoms with van der Waals surface area (Å²) >= 11 is 1.55. The number of likely N-dealkylation sites (N-methyl/N-ethyl adjacent to an activating group) is 1. The van der Waals surface area contributed by atoms with Gasteiger partial charge in [-0.2, -0.15) is 11.8 Å². The van der Waals surface area contributed by atoms with Crippen molar-refractivity contribution in [3.05, 3.63) is 0 Å². The van der Waals surface area contributed by atoms with Gasteiger partial charge in [0.05, 0.1) is 12.6 Å². The number of hydrogen-bond acceptors (Lipinski definition) is 7. The van der Waals surface area contributed by atoms with Crippen molar-refractivity contribution in [1.29, 1.82) is 0 Å². The molecule has 1 aliphatic rings. The molecule has 0 aromatic carbocycles. The van der Waals surface area contributed by atoms with Crippen LogP contribution in [0.4, 0.5) is 0 Å². The lowest BCUT2D eigenvalue weighted by molar-refractivity contribution is -0.138. The van der Waals surface area contributed by atoms with Crippen molar-refractivity contribution in [3.8, 4) is 0 Å². The van der Waals surface area contributed by atoms with E-state index < -0.39 is 48.9 Å². The number of aliphatic carboxylic acids is 1. The Labute approximate surface area is 186 Å². The molecule has 12 heteroatoms. The fourth-order valence-corrected chi connectivity index (χ4v) is 3.68. The second kappa shape index (κ2) is 13.9. The van der Waals surface area contributed by atoms with Gasteiger partial charge < -0.3 is 26.4 Å². The van der Waals surface area contributed by atoms with Crippen LogP contribution < -0.4 is 21.3 Å². The minimum atomic E-state index is -1.20. The number of carbonyl (C=O) groups excluding carboxylic acids is 4. The van der Waals surface area contributed by atoms with Gasteiger partial charge in [0.25, 0.3) is 0 Å². The van der Waals surface area contributed by atoms with Gasteiger partial charge in [0.15, 0.2) is 0 Å². The molecule has 3 atom stereocenters. The van der Waals surface area contributed by atoms with E-state index in [0.29, 0.717) is 12.2 Å². The zero-order chi connectivity index (χ0) is 23.4. The van der Waals surface area contributed by atoms with Gasteiger partial charge in [0, 0.05) is 0 Å². The van der Waals surface area contributed by atoms with Crippen molar-refractivity contribution in [2.75, 3.05) is 38.2 Å². The quantitative estimate of drug-likeness (QED) is 0.223. The Morgan fingerprint density at radius 1 is 1.10 bits per heavy atom. The molecule has 0 radical (unpaired) electrons. The Hall–Kier alpha value is -2.34. The van der Waals surface area contributed by atoms with Gasteiger partial charge >= 0.3 is 5.97 Å². The molecule has 0 unspecified atom stereocenters. The monoisotopic (exact) mass is 459 g/mol. The van der Waals surface area contributed by atoms with Gasteiger partial charge in [0.2, 0.25) is 23.6 Å². The van der Waals surface area contributed by atoms with E-state index >= 15 is 0 Å². The Bertz CT molecular complexity index is 662. The standard InChI is InChI=1S/C19H33N5O6S/c1-4-24-8-5-6-14(24)19(30)23-13(7-9-31-3)18(29)22-12(2)17(28)21-10-15(25)20-11-16(26)27/h12-14H,4-11H2,1-3H3,(H,20,25)(H,21,28)(H,22,29)(H,23,30)(H,26,27)/t12-,13-,14-/m0/s1. The molecule has 1 fully saturated rings. The summed E-state index contributed by atoms with van der Waals surface area (Å²) in [5.41, 5.74) is 0. The van der Waals surface area contributed by atoms with Crippen LogP contribution in [0.1, 0.15) is 33.1 Å². The average Bonchev–Trinajstić information content (AvgIpc) is 3.22. The fourth-order valence-electron chi connectivity index (χ4n) is 3.21. The second-order valence-corrected chi connectivity index (χ2v) is 8.23. The SMILES string of the molecule is CCN1CCC[C@H]1C(=O)N[C@@H](CCSC)C(=O)N[C@@H](C)C(=O)NCC(=O)NCC(=O)O. The van der Waals surface area contributed by atoms with E-state index in [-0.39, 0.29) is 11.9 Å². The lowest BCUT2D eigenvalue weighted by atomic mass is 10.1. The highest BCUT2D eigenvalue weighted by molar-refractivity contribution is 7.98. The maximum absolute atomic E-state index is 12.7. The average molecular weight is 460 g/mol. The molecule has 31 heavy (non-hydrogen) atoms. The number of amides is 4. The smallest absolute Gasteiger partial charge is 0.322 e. The number of thioether (sulfide) groups is 1. The summed E-state index contributed by atoms with van der Waals surface area (Å²) in [6.45, 7) is 4.11. The van der Waals surface area contributed by atoms with Crippen molar-refractivity contribution in [2.24, 2.45) is 0 Å². The predicted molar refractivity (Wildman–Crippen MR) is 116 cm³/mol. The van der Waals surface area contributed by atoms with Crippen molar-refractivity contribution >= 4 is 41.4 Å². The maximum atomic E-state index is 12.7. The molecule has 0 bridgehead atoms. The molecular formula is C19H33N5O6S. The van der Waals surface area contributed by atoms with Gasteiger partial charge in [-0.3, -0.25) is 28.9 Å². The third-order valence-electron chi connectivity index (χ3n) is 4.93. The normalized spacial score (nSPS) is 18.0. The van der Waals surface area contributed by atoms with Crippen LogP contribution in [0.5, 0.6) is 0 Å². The van der Waals surface area contributed by atoms with Crippen LogP contribution in [-0.4, -0.2) is 95.9 Å². The zero-order valence-corrected chi connectivity index (χ0v) is 19.0. The summed E-state index contributed by atoms with van der Waals surface area (Å²) in [5.74, 6) is -2.45. The minimum absolute atomic E-state index is 0.187. The van der Waals surface area contributed by atoms with E-state index in [0.717, 1.165) is 25.9 Å². The van der Waals surface area contributed by atoms with Crippen LogP contribution in [0.25, 0.3) is 0 Å². The molecule has 0 aromatic rings. The van der Waals surface area contributed by atoms with Crippen molar-refractivity contribution in [2.45, 2.75) is 51.2 Å². The number of carboxylic acids is 1. The maximum Gasteiger partial charge on any atom is 0.322 e. The summed E-state index contributed by atoms with van der Waals surface area (Å²) in [4.78, 5) is 61.5. The van der Waals surface area contributed by atoms with Crippen molar-refractivity contribution < 1.29 is 29.1 Å². The molecule has 1 aliphatic heterocycles. The second-order valence-electron chi connectivity index (χ2n) is 7.25. The number of nitrogens with one attached hydrogen (secondary N) is 4. The van der Waals surface area contributed by atoms with E-state index in [1.165, 1.54) is 6.92 Å². The topological polar surface area (TPSA) is 157 Å². The Morgan fingerprint density at radius 2 is 1.81 bits per heavy atom. The van der Waals surface area contributed by atoms with Crippen LogP contribution in [0, 0.1) is 0 Å². The van der Waals surface area contributed by atoms with E-state index in [1.54, 1.807) is 11.8 Å². The lowest BCUT2D eigenvalue weighted by Crippen LogP contribution is -2.55. The minimum Gasteiger partial charge on any atom is -0.480 e. The number of carboxylic acid groups (broad SMARTS) is 1. The first-order valence-electron chi connectivity index (χ1n) is 10.3. The highest BCUT2D eigenvalue weighted by atomic mass is 32.2. The molecule has 0 spiro atoms. The fraction of sp³-hybridized carbons (Fsp3) is 0.737. The summed E-state index contributed by atoms with van der Waals surface area (Å²) in [7, 11) is 0. The van der Waals surface area contributed by atoms with Gasteiger partial charge in [-0.1, -0.05) is 6.92 Å². The molecule has 176 valence electrons. The van der Waals surface area contributed by atoms with Gasteiger partial charge in [-0.15, -0.1) is 0 Å². The lowest BCUT2D eigenvalue weighted by Gasteiger charge is -2.26. The summed E-state index contributed by atoms with van der Waals surface area (Å²) in [6, 6.07) is -1.96. The molecule has 0 aromatic heterocycles. The van der Waals surface area contributed by atoms with Crippen LogP contribution >= 0.6 is 11.8 Å². The highest BCUT2D eigenvalue weighted by Gasteiger charge is 2.32. The molecule has 0 saturated carbocycles. The third-order valence-corrected chi connectivity index (χ3v) is 5.57. The molecule has 4 amide bonds. The van der Waals surface area contributed by atoms with E-state index in [2.05, 4.69) is 26.2 Å². The number of likely N-dealkylation sites (tertiary alicyclic amines) is 1. The molecule has 1 saturated heterocycles.